The van der Waals surface area contributed by atoms with Crippen LogP contribution in [0, 0.1) is 5.41 Å². The van der Waals surface area contributed by atoms with E-state index in [2.05, 4.69) is 25.7 Å². The molecule has 0 bridgehead atoms. The molecule has 1 heterocycles. The van der Waals surface area contributed by atoms with Gasteiger partial charge in [0.2, 0.25) is 0 Å². The fraction of sp³-hybridized carbons (Fsp3) is 0.273. The molecule has 138 valence electrons. The third kappa shape index (κ3) is 2.41. The van der Waals surface area contributed by atoms with Crippen LogP contribution in [0.2, 0.25) is 19.6 Å². The Morgan fingerprint density at radius 3 is 2.41 bits per heavy atom. The second-order valence-electron chi connectivity index (χ2n) is 8.12. The third-order valence-corrected chi connectivity index (χ3v) is 7.54. The molecular weight excluding hydrogens is 356 g/mol. The summed E-state index contributed by atoms with van der Waals surface area (Å²) in [4.78, 5) is 25.7. The second kappa shape index (κ2) is 5.92. The molecule has 0 fully saturated rings. The number of methoxy groups -OCH3 is 1. The summed E-state index contributed by atoms with van der Waals surface area (Å²) in [6, 6.07) is 15.7. The van der Waals surface area contributed by atoms with Gasteiger partial charge in [-0.1, -0.05) is 73.4 Å². The second-order valence-corrected chi connectivity index (χ2v) is 13.2. The average molecular weight is 379 g/mol. The molecule has 0 unspecified atom stereocenters. The molecule has 4 rings (SSSR count). The number of benzene rings is 2. The first-order valence-corrected chi connectivity index (χ1v) is 12.5. The lowest BCUT2D eigenvalue weighted by Crippen LogP contribution is -2.56. The van der Waals surface area contributed by atoms with E-state index in [4.69, 9.17) is 9.47 Å². The smallest absolute Gasteiger partial charge is 0.333 e. The Labute approximate surface area is 159 Å². The summed E-state index contributed by atoms with van der Waals surface area (Å²) in [6.07, 6.45) is 1.73. The van der Waals surface area contributed by atoms with Crippen molar-refractivity contribution in [1.82, 2.24) is 0 Å². The van der Waals surface area contributed by atoms with Gasteiger partial charge in [-0.05, 0) is 17.2 Å². The Bertz CT molecular complexity index is 972. The normalized spacial score (nSPS) is 23.3. The number of ether oxygens (including phenoxy) is 2. The maximum atomic E-state index is 12.9. The number of allylic oxidation sites excluding steroid dienone is 1. The summed E-state index contributed by atoms with van der Waals surface area (Å²) in [5, 5.41) is 1.20. The Balaban J connectivity index is 2.01. The van der Waals surface area contributed by atoms with Crippen molar-refractivity contribution in [1.29, 1.82) is 0 Å². The van der Waals surface area contributed by atoms with Gasteiger partial charge >= 0.3 is 11.9 Å². The summed E-state index contributed by atoms with van der Waals surface area (Å²) in [6.45, 7) is 6.76. The van der Waals surface area contributed by atoms with Crippen LogP contribution in [0.5, 0.6) is 5.75 Å². The van der Waals surface area contributed by atoms with Crippen molar-refractivity contribution in [3.8, 4) is 5.75 Å². The molecule has 0 saturated heterocycles. The van der Waals surface area contributed by atoms with E-state index in [0.29, 0.717) is 5.75 Å². The van der Waals surface area contributed by atoms with Crippen LogP contribution in [0.4, 0.5) is 0 Å². The van der Waals surface area contributed by atoms with Crippen molar-refractivity contribution >= 4 is 30.8 Å². The minimum atomic E-state index is -1.75. The van der Waals surface area contributed by atoms with Gasteiger partial charge in [0.1, 0.15) is 5.75 Å². The van der Waals surface area contributed by atoms with Crippen LogP contribution < -0.4 is 9.92 Å². The van der Waals surface area contributed by atoms with Crippen LogP contribution in [-0.2, 0) is 14.3 Å². The SMILES string of the molecule is COC(=O)[C@]12C=C(c3ccccc3)[C@H]1c1c(cccc1[Si](C)(C)C)OC2=O. The molecule has 1 aliphatic carbocycles. The fourth-order valence-corrected chi connectivity index (χ4v) is 5.87. The van der Waals surface area contributed by atoms with Gasteiger partial charge in [-0.15, -0.1) is 0 Å². The molecular formula is C22H22O4Si. The molecule has 0 aromatic heterocycles. The third-order valence-electron chi connectivity index (χ3n) is 5.48. The minimum Gasteiger partial charge on any atom is -0.468 e. The quantitative estimate of drug-likeness (QED) is 0.355. The van der Waals surface area contributed by atoms with Crippen LogP contribution >= 0.6 is 0 Å². The van der Waals surface area contributed by atoms with Crippen LogP contribution in [0.25, 0.3) is 5.57 Å². The van der Waals surface area contributed by atoms with Gasteiger partial charge in [0, 0.05) is 11.5 Å². The van der Waals surface area contributed by atoms with E-state index in [1.54, 1.807) is 6.08 Å². The number of carbonyl (C=O) groups is 2. The first kappa shape index (κ1) is 17.7. The summed E-state index contributed by atoms with van der Waals surface area (Å²) in [5.41, 5.74) is 1.54. The highest BCUT2D eigenvalue weighted by Crippen LogP contribution is 2.60. The van der Waals surface area contributed by atoms with Gasteiger partial charge in [-0.25, -0.2) is 0 Å². The van der Waals surface area contributed by atoms with Crippen LogP contribution in [0.15, 0.2) is 54.6 Å². The standard InChI is InChI=1S/C22H22O4Si/c1-25-20(23)22-13-15(14-9-6-5-7-10-14)19(22)18-16(26-21(22)24)11-8-12-17(18)27(2,3)4/h5-13,19H,1-4H3/t19-,22-/m0/s1. The Hall–Kier alpha value is -2.66. The minimum absolute atomic E-state index is 0.383. The molecule has 0 amide bonds. The lowest BCUT2D eigenvalue weighted by atomic mass is 9.56. The summed E-state index contributed by atoms with van der Waals surface area (Å²) < 4.78 is 10.7. The molecule has 2 aromatic carbocycles. The molecule has 27 heavy (non-hydrogen) atoms. The van der Waals surface area contributed by atoms with Crippen LogP contribution in [-0.4, -0.2) is 27.1 Å². The largest absolute Gasteiger partial charge is 0.468 e. The predicted molar refractivity (Wildman–Crippen MR) is 107 cm³/mol. The fourth-order valence-electron chi connectivity index (χ4n) is 4.20. The highest BCUT2D eigenvalue weighted by atomic mass is 28.3. The zero-order chi connectivity index (χ0) is 19.4. The van der Waals surface area contributed by atoms with E-state index in [0.717, 1.165) is 16.7 Å². The molecule has 0 spiro atoms. The Morgan fingerprint density at radius 1 is 1.07 bits per heavy atom. The lowest BCUT2D eigenvalue weighted by Gasteiger charge is -2.48. The molecule has 0 N–H and O–H groups in total. The van der Waals surface area contributed by atoms with Gasteiger partial charge in [0.05, 0.1) is 15.2 Å². The molecule has 5 heteroatoms. The van der Waals surface area contributed by atoms with Crippen molar-refractivity contribution in [3.63, 3.8) is 0 Å². The Kier molecular flexibility index (Phi) is 3.89. The first-order chi connectivity index (χ1) is 12.8. The number of carbonyl (C=O) groups excluding carboxylic acids is 2. The van der Waals surface area contributed by atoms with E-state index in [1.807, 2.05) is 42.5 Å². The van der Waals surface area contributed by atoms with Gasteiger partial charge in [-0.3, -0.25) is 9.59 Å². The molecule has 4 nitrogen and oxygen atoms in total. The van der Waals surface area contributed by atoms with Gasteiger partial charge < -0.3 is 9.47 Å². The monoisotopic (exact) mass is 378 g/mol. The van der Waals surface area contributed by atoms with Gasteiger partial charge in [-0.2, -0.15) is 0 Å². The molecule has 1 aliphatic heterocycles. The average Bonchev–Trinajstić information content (AvgIpc) is 2.61. The van der Waals surface area contributed by atoms with Gasteiger partial charge in [0.15, 0.2) is 5.41 Å². The van der Waals surface area contributed by atoms with E-state index >= 15 is 0 Å². The van der Waals surface area contributed by atoms with Gasteiger partial charge in [0.25, 0.3) is 0 Å². The first-order valence-electron chi connectivity index (χ1n) is 9.03. The van der Waals surface area contributed by atoms with Crippen LogP contribution in [0.3, 0.4) is 0 Å². The molecule has 2 aromatic rings. The molecule has 2 aliphatic rings. The maximum Gasteiger partial charge on any atom is 0.333 e. The van der Waals surface area contributed by atoms with Crippen molar-refractivity contribution in [2.75, 3.05) is 7.11 Å². The summed E-state index contributed by atoms with van der Waals surface area (Å²) >= 11 is 0. The van der Waals surface area contributed by atoms with Crippen molar-refractivity contribution in [3.05, 3.63) is 65.7 Å². The molecule has 2 atom stereocenters. The number of esters is 2. The van der Waals surface area contributed by atoms with E-state index in [-0.39, 0.29) is 5.92 Å². The Morgan fingerprint density at radius 2 is 1.78 bits per heavy atom. The number of hydrogen-bond donors (Lipinski definition) is 0. The number of rotatable bonds is 3. The predicted octanol–water partition coefficient (Wildman–Crippen LogP) is 3.49. The van der Waals surface area contributed by atoms with Crippen LogP contribution in [0.1, 0.15) is 17.0 Å². The number of hydrogen-bond acceptors (Lipinski definition) is 4. The zero-order valence-corrected chi connectivity index (χ0v) is 16.9. The summed E-state index contributed by atoms with van der Waals surface area (Å²) in [5.74, 6) is -0.940. The topological polar surface area (TPSA) is 52.6 Å². The van der Waals surface area contributed by atoms with Crippen molar-refractivity contribution in [2.24, 2.45) is 5.41 Å². The van der Waals surface area contributed by atoms with Crippen molar-refractivity contribution < 1.29 is 19.1 Å². The van der Waals surface area contributed by atoms with E-state index < -0.39 is 25.4 Å². The highest BCUT2D eigenvalue weighted by Gasteiger charge is 2.64. The molecule has 0 saturated carbocycles. The zero-order valence-electron chi connectivity index (χ0n) is 15.9. The van der Waals surface area contributed by atoms with E-state index in [1.165, 1.54) is 12.3 Å². The lowest BCUT2D eigenvalue weighted by molar-refractivity contribution is -0.164. The maximum absolute atomic E-state index is 12.9. The van der Waals surface area contributed by atoms with E-state index in [9.17, 15) is 9.59 Å². The summed E-state index contributed by atoms with van der Waals surface area (Å²) in [7, 11) is -0.436. The highest BCUT2D eigenvalue weighted by molar-refractivity contribution is 6.89. The van der Waals surface area contributed by atoms with Crippen molar-refractivity contribution in [2.45, 2.75) is 25.6 Å². The molecule has 0 radical (unpaired) electrons. The number of fused-ring (bicyclic) bond motifs is 3.